The molecule has 21 heavy (non-hydrogen) atoms. The zero-order valence-electron chi connectivity index (χ0n) is 12.2. The first-order valence-electron chi connectivity index (χ1n) is 6.44. The van der Waals surface area contributed by atoms with Crippen LogP contribution in [0.25, 0.3) is 0 Å². The molecule has 2 aromatic rings. The Morgan fingerprint density at radius 2 is 1.81 bits per heavy atom. The van der Waals surface area contributed by atoms with Gasteiger partial charge in [-0.05, 0) is 50.1 Å². The molecule has 0 amide bonds. The van der Waals surface area contributed by atoms with Crippen LogP contribution in [0.5, 0.6) is 0 Å². The van der Waals surface area contributed by atoms with Crippen molar-refractivity contribution in [2.45, 2.75) is 25.7 Å². The molecule has 0 unspecified atom stereocenters. The zero-order valence-corrected chi connectivity index (χ0v) is 13.0. The van der Waals surface area contributed by atoms with E-state index in [9.17, 15) is 8.42 Å². The van der Waals surface area contributed by atoms with Gasteiger partial charge in [0.05, 0.1) is 10.6 Å². The van der Waals surface area contributed by atoms with E-state index < -0.39 is 10.0 Å². The van der Waals surface area contributed by atoms with Crippen LogP contribution in [0.2, 0.25) is 0 Å². The van der Waals surface area contributed by atoms with Gasteiger partial charge in [0.15, 0.2) is 0 Å². The van der Waals surface area contributed by atoms with Crippen LogP contribution < -0.4 is 4.83 Å². The summed E-state index contributed by atoms with van der Waals surface area (Å²) < 4.78 is 24.6. The molecule has 0 aliphatic rings. The highest BCUT2D eigenvalue weighted by molar-refractivity contribution is 7.89. The van der Waals surface area contributed by atoms with E-state index in [0.29, 0.717) is 11.3 Å². The molecule has 0 saturated carbocycles. The van der Waals surface area contributed by atoms with Crippen molar-refractivity contribution in [3.05, 3.63) is 59.4 Å². The lowest BCUT2D eigenvalue weighted by atomic mass is 10.2. The molecule has 0 aliphatic heterocycles. The molecule has 1 N–H and O–H groups in total. The topological polar surface area (TPSA) is 71.4 Å². The van der Waals surface area contributed by atoms with E-state index in [1.54, 1.807) is 50.5 Å². The Bertz CT molecular complexity index is 769. The number of nitrogens with zero attached hydrogens (tertiary/aromatic N) is 2. The lowest BCUT2D eigenvalue weighted by molar-refractivity contribution is 0.583. The molecule has 0 saturated heterocycles. The van der Waals surface area contributed by atoms with Gasteiger partial charge in [-0.1, -0.05) is 12.1 Å². The Morgan fingerprint density at radius 3 is 2.48 bits per heavy atom. The van der Waals surface area contributed by atoms with E-state index in [1.165, 1.54) is 0 Å². The van der Waals surface area contributed by atoms with Crippen LogP contribution in [-0.2, 0) is 10.0 Å². The summed E-state index contributed by atoms with van der Waals surface area (Å²) in [6.07, 6.45) is 3.26. The van der Waals surface area contributed by atoms with Crippen molar-refractivity contribution in [2.75, 3.05) is 0 Å². The van der Waals surface area contributed by atoms with Crippen LogP contribution in [0, 0.1) is 13.8 Å². The molecule has 0 fully saturated rings. The maximum atomic E-state index is 12.3. The minimum absolute atomic E-state index is 0.244. The second-order valence-electron chi connectivity index (χ2n) is 4.80. The van der Waals surface area contributed by atoms with Gasteiger partial charge in [-0.2, -0.15) is 18.4 Å². The summed E-state index contributed by atoms with van der Waals surface area (Å²) >= 11 is 0. The standard InChI is InChI=1S/C15H17N3O2S/c1-11-4-5-12(2)15(10-11)21(19,20)18-17-13(3)14-6-8-16-9-7-14/h4-10,18H,1-3H3/b17-13-. The number of hydrogen-bond donors (Lipinski definition) is 1. The van der Waals surface area contributed by atoms with Crippen LogP contribution in [0.4, 0.5) is 0 Å². The smallest absolute Gasteiger partial charge is 0.265 e. The monoisotopic (exact) mass is 303 g/mol. The van der Waals surface area contributed by atoms with Gasteiger partial charge in [-0.25, -0.2) is 0 Å². The Balaban J connectivity index is 2.28. The predicted octanol–water partition coefficient (Wildman–Crippen LogP) is 2.40. The summed E-state index contributed by atoms with van der Waals surface area (Å²) in [6.45, 7) is 5.35. The van der Waals surface area contributed by atoms with Crippen molar-refractivity contribution in [2.24, 2.45) is 5.10 Å². The molecule has 0 atom stereocenters. The van der Waals surface area contributed by atoms with Crippen molar-refractivity contribution < 1.29 is 8.42 Å². The van der Waals surface area contributed by atoms with Gasteiger partial charge < -0.3 is 0 Å². The van der Waals surface area contributed by atoms with Gasteiger partial charge in [0.1, 0.15) is 0 Å². The van der Waals surface area contributed by atoms with Gasteiger partial charge in [0, 0.05) is 18.0 Å². The third-order valence-corrected chi connectivity index (χ3v) is 4.42. The molecular weight excluding hydrogens is 286 g/mol. The highest BCUT2D eigenvalue weighted by Gasteiger charge is 2.16. The SMILES string of the molecule is C/C(=N/NS(=O)(=O)c1cc(C)ccc1C)c1ccncc1. The first-order chi connectivity index (χ1) is 9.90. The van der Waals surface area contributed by atoms with E-state index >= 15 is 0 Å². The highest BCUT2D eigenvalue weighted by Crippen LogP contribution is 2.16. The molecule has 1 heterocycles. The lowest BCUT2D eigenvalue weighted by Gasteiger charge is -2.08. The van der Waals surface area contributed by atoms with Crippen molar-refractivity contribution in [1.82, 2.24) is 9.82 Å². The van der Waals surface area contributed by atoms with E-state index in [1.807, 2.05) is 13.0 Å². The summed E-state index contributed by atoms with van der Waals surface area (Å²) in [5.74, 6) is 0. The van der Waals surface area contributed by atoms with Crippen molar-refractivity contribution in [1.29, 1.82) is 0 Å². The Hall–Kier alpha value is -2.21. The van der Waals surface area contributed by atoms with E-state index in [-0.39, 0.29) is 4.90 Å². The summed E-state index contributed by atoms with van der Waals surface area (Å²) in [5, 5.41) is 3.96. The largest absolute Gasteiger partial charge is 0.276 e. The summed E-state index contributed by atoms with van der Waals surface area (Å²) in [7, 11) is -3.67. The fourth-order valence-electron chi connectivity index (χ4n) is 1.83. The number of aryl methyl sites for hydroxylation is 2. The number of pyridine rings is 1. The molecule has 0 spiro atoms. The van der Waals surface area contributed by atoms with Crippen LogP contribution >= 0.6 is 0 Å². The third kappa shape index (κ3) is 3.66. The average molecular weight is 303 g/mol. The quantitative estimate of drug-likeness (QED) is 0.696. The van der Waals surface area contributed by atoms with Gasteiger partial charge in [-0.15, -0.1) is 0 Å². The molecule has 2 rings (SSSR count). The molecule has 5 nitrogen and oxygen atoms in total. The predicted molar refractivity (Wildman–Crippen MR) is 82.7 cm³/mol. The molecule has 1 aromatic heterocycles. The van der Waals surface area contributed by atoms with Gasteiger partial charge >= 0.3 is 0 Å². The third-order valence-electron chi connectivity index (χ3n) is 3.06. The molecule has 0 radical (unpaired) electrons. The number of hydrogen-bond acceptors (Lipinski definition) is 4. The van der Waals surface area contributed by atoms with Gasteiger partial charge in [-0.3, -0.25) is 4.98 Å². The second kappa shape index (κ2) is 6.05. The van der Waals surface area contributed by atoms with Crippen molar-refractivity contribution in [3.8, 4) is 0 Å². The van der Waals surface area contributed by atoms with Crippen LogP contribution in [0.15, 0.2) is 52.7 Å². The number of hydrazone groups is 1. The number of aromatic nitrogens is 1. The van der Waals surface area contributed by atoms with Crippen molar-refractivity contribution >= 4 is 15.7 Å². The maximum Gasteiger partial charge on any atom is 0.276 e. The Labute approximate surface area is 124 Å². The number of sulfonamides is 1. The molecular formula is C15H17N3O2S. The fourth-order valence-corrected chi connectivity index (χ4v) is 3.02. The molecule has 0 bridgehead atoms. The number of rotatable bonds is 4. The first kappa shape index (κ1) is 15.2. The normalized spacial score (nSPS) is 12.2. The van der Waals surface area contributed by atoms with Crippen LogP contribution in [-0.4, -0.2) is 19.1 Å². The minimum Gasteiger partial charge on any atom is -0.265 e. The number of benzene rings is 1. The van der Waals surface area contributed by atoms with E-state index in [4.69, 9.17) is 0 Å². The Kier molecular flexibility index (Phi) is 4.37. The van der Waals surface area contributed by atoms with Gasteiger partial charge in [0.2, 0.25) is 0 Å². The summed E-state index contributed by atoms with van der Waals surface area (Å²) in [4.78, 5) is 6.44. The number of nitrogens with one attached hydrogen (secondary N) is 1. The molecule has 1 aromatic carbocycles. The zero-order chi connectivity index (χ0) is 15.5. The second-order valence-corrected chi connectivity index (χ2v) is 6.43. The average Bonchev–Trinajstić information content (AvgIpc) is 2.48. The minimum atomic E-state index is -3.67. The highest BCUT2D eigenvalue weighted by atomic mass is 32.2. The summed E-state index contributed by atoms with van der Waals surface area (Å²) in [5.41, 5.74) is 2.96. The van der Waals surface area contributed by atoms with Gasteiger partial charge in [0.25, 0.3) is 10.0 Å². The summed E-state index contributed by atoms with van der Waals surface area (Å²) in [6, 6.07) is 8.83. The molecule has 0 aliphatic carbocycles. The fraction of sp³-hybridized carbons (Fsp3) is 0.200. The van der Waals surface area contributed by atoms with E-state index in [0.717, 1.165) is 11.1 Å². The first-order valence-corrected chi connectivity index (χ1v) is 7.92. The Morgan fingerprint density at radius 1 is 1.14 bits per heavy atom. The van der Waals surface area contributed by atoms with E-state index in [2.05, 4.69) is 14.9 Å². The molecule has 6 heteroatoms. The maximum absolute atomic E-state index is 12.3. The molecule has 110 valence electrons. The lowest BCUT2D eigenvalue weighted by Crippen LogP contribution is -2.21. The van der Waals surface area contributed by atoms with Crippen LogP contribution in [0.1, 0.15) is 23.6 Å². The van der Waals surface area contributed by atoms with Crippen LogP contribution in [0.3, 0.4) is 0 Å². The van der Waals surface area contributed by atoms with Crippen molar-refractivity contribution in [3.63, 3.8) is 0 Å².